The van der Waals surface area contributed by atoms with E-state index in [9.17, 15) is 14.9 Å². The van der Waals surface area contributed by atoms with Gasteiger partial charge in [-0.2, -0.15) is 4.98 Å². The van der Waals surface area contributed by atoms with Gasteiger partial charge in [0.2, 0.25) is 11.8 Å². The predicted molar refractivity (Wildman–Crippen MR) is 91.2 cm³/mol. The molecular formula is C17H18N4O5. The van der Waals surface area contributed by atoms with Crippen LogP contribution in [0.15, 0.2) is 36.7 Å². The van der Waals surface area contributed by atoms with E-state index in [1.165, 1.54) is 37.7 Å². The van der Waals surface area contributed by atoms with Crippen LogP contribution >= 0.6 is 0 Å². The van der Waals surface area contributed by atoms with Crippen LogP contribution in [0.5, 0.6) is 11.8 Å². The van der Waals surface area contributed by atoms with Crippen LogP contribution in [-0.4, -0.2) is 52.0 Å². The Balaban J connectivity index is 1.68. The van der Waals surface area contributed by atoms with E-state index in [1.807, 2.05) is 0 Å². The number of carbonyl (C=O) groups excluding carboxylic acids is 1. The molecule has 0 radical (unpaired) electrons. The zero-order chi connectivity index (χ0) is 18.5. The van der Waals surface area contributed by atoms with E-state index in [0.29, 0.717) is 30.4 Å². The lowest BCUT2D eigenvalue weighted by Crippen LogP contribution is -2.44. The first-order chi connectivity index (χ1) is 12.6. The largest absolute Gasteiger partial charge is 0.480 e. The molecule has 1 atom stereocenters. The summed E-state index contributed by atoms with van der Waals surface area (Å²) >= 11 is 0. The van der Waals surface area contributed by atoms with E-state index >= 15 is 0 Å². The van der Waals surface area contributed by atoms with Gasteiger partial charge in [-0.1, -0.05) is 6.07 Å². The fourth-order valence-electron chi connectivity index (χ4n) is 2.81. The second-order valence-corrected chi connectivity index (χ2v) is 5.84. The number of nitro benzene ring substituents is 1. The Morgan fingerprint density at radius 1 is 1.35 bits per heavy atom. The highest BCUT2D eigenvalue weighted by Gasteiger charge is 2.26. The van der Waals surface area contributed by atoms with Gasteiger partial charge in [-0.25, -0.2) is 0 Å². The van der Waals surface area contributed by atoms with E-state index < -0.39 is 4.92 Å². The van der Waals surface area contributed by atoms with Crippen LogP contribution < -0.4 is 9.47 Å². The molecule has 136 valence electrons. The summed E-state index contributed by atoms with van der Waals surface area (Å²) in [5, 5.41) is 10.9. The Kier molecular flexibility index (Phi) is 5.26. The van der Waals surface area contributed by atoms with Crippen molar-refractivity contribution in [3.8, 4) is 11.8 Å². The summed E-state index contributed by atoms with van der Waals surface area (Å²) in [4.78, 5) is 32.8. The fraction of sp³-hybridized carbons (Fsp3) is 0.353. The van der Waals surface area contributed by atoms with Crippen molar-refractivity contribution in [2.24, 2.45) is 0 Å². The minimum Gasteiger partial charge on any atom is -0.480 e. The number of benzene rings is 1. The molecule has 0 saturated carbocycles. The summed E-state index contributed by atoms with van der Waals surface area (Å²) in [6.45, 7) is 0.950. The quantitative estimate of drug-likeness (QED) is 0.595. The predicted octanol–water partition coefficient (Wildman–Crippen LogP) is 2.08. The van der Waals surface area contributed by atoms with Gasteiger partial charge in [0, 0.05) is 24.2 Å². The number of likely N-dealkylation sites (tertiary alicyclic amines) is 1. The van der Waals surface area contributed by atoms with Crippen LogP contribution in [-0.2, 0) is 0 Å². The van der Waals surface area contributed by atoms with Crippen LogP contribution in [0.3, 0.4) is 0 Å². The monoisotopic (exact) mass is 358 g/mol. The lowest BCUT2D eigenvalue weighted by Gasteiger charge is -2.32. The first kappa shape index (κ1) is 17.6. The number of rotatable bonds is 5. The number of methoxy groups -OCH3 is 1. The number of piperidine rings is 1. The number of ether oxygens (including phenoxy) is 2. The number of nitro groups is 1. The number of carbonyl (C=O) groups is 1. The zero-order valence-electron chi connectivity index (χ0n) is 14.2. The van der Waals surface area contributed by atoms with Crippen molar-refractivity contribution in [1.82, 2.24) is 14.9 Å². The minimum absolute atomic E-state index is 0.104. The van der Waals surface area contributed by atoms with E-state index in [2.05, 4.69) is 9.97 Å². The number of aromatic nitrogens is 2. The van der Waals surface area contributed by atoms with E-state index in [4.69, 9.17) is 9.47 Å². The average Bonchev–Trinajstić information content (AvgIpc) is 2.68. The molecule has 1 unspecified atom stereocenters. The maximum absolute atomic E-state index is 12.7. The molecule has 9 nitrogen and oxygen atoms in total. The van der Waals surface area contributed by atoms with E-state index in [1.54, 1.807) is 11.0 Å². The normalized spacial score (nSPS) is 16.8. The molecule has 1 amide bonds. The van der Waals surface area contributed by atoms with Gasteiger partial charge in [0.15, 0.2) is 0 Å². The molecular weight excluding hydrogens is 340 g/mol. The van der Waals surface area contributed by atoms with Crippen LogP contribution in [0.2, 0.25) is 0 Å². The Labute approximate surface area is 149 Å². The van der Waals surface area contributed by atoms with Crippen LogP contribution in [0.4, 0.5) is 5.69 Å². The third-order valence-electron chi connectivity index (χ3n) is 4.06. The van der Waals surface area contributed by atoms with Crippen molar-refractivity contribution in [1.29, 1.82) is 0 Å². The molecule has 2 aromatic rings. The molecule has 0 aliphatic carbocycles. The topological polar surface area (TPSA) is 108 Å². The van der Waals surface area contributed by atoms with Crippen LogP contribution in [0.25, 0.3) is 0 Å². The van der Waals surface area contributed by atoms with Crippen LogP contribution in [0, 0.1) is 10.1 Å². The lowest BCUT2D eigenvalue weighted by molar-refractivity contribution is -0.384. The smallest absolute Gasteiger partial charge is 0.270 e. The summed E-state index contributed by atoms with van der Waals surface area (Å²) < 4.78 is 10.8. The van der Waals surface area contributed by atoms with Gasteiger partial charge >= 0.3 is 0 Å². The molecule has 0 N–H and O–H groups in total. The molecule has 1 aromatic heterocycles. The highest BCUT2D eigenvalue weighted by Crippen LogP contribution is 2.21. The fourth-order valence-corrected chi connectivity index (χ4v) is 2.81. The van der Waals surface area contributed by atoms with Gasteiger partial charge in [-0.15, -0.1) is 0 Å². The molecule has 0 spiro atoms. The second kappa shape index (κ2) is 7.77. The van der Waals surface area contributed by atoms with Crippen LogP contribution in [0.1, 0.15) is 23.2 Å². The van der Waals surface area contributed by atoms with E-state index in [-0.39, 0.29) is 17.7 Å². The Bertz CT molecular complexity index is 813. The maximum atomic E-state index is 12.7. The van der Waals surface area contributed by atoms with Crippen molar-refractivity contribution in [3.63, 3.8) is 0 Å². The molecule has 1 aliphatic rings. The van der Waals surface area contributed by atoms with Gasteiger partial charge in [-0.05, 0) is 18.9 Å². The highest BCUT2D eigenvalue weighted by molar-refractivity contribution is 5.94. The summed E-state index contributed by atoms with van der Waals surface area (Å²) in [6, 6.07) is 5.74. The van der Waals surface area contributed by atoms with E-state index in [0.717, 1.165) is 12.8 Å². The third-order valence-corrected chi connectivity index (χ3v) is 4.06. The zero-order valence-corrected chi connectivity index (χ0v) is 14.2. The molecule has 0 bridgehead atoms. The van der Waals surface area contributed by atoms with Gasteiger partial charge in [0.1, 0.15) is 6.10 Å². The molecule has 9 heteroatoms. The van der Waals surface area contributed by atoms with Gasteiger partial charge in [-0.3, -0.25) is 19.9 Å². The van der Waals surface area contributed by atoms with Crippen molar-refractivity contribution < 1.29 is 19.2 Å². The van der Waals surface area contributed by atoms with Crippen molar-refractivity contribution >= 4 is 11.6 Å². The molecule has 1 fully saturated rings. The number of nitrogens with zero attached hydrogens (tertiary/aromatic N) is 4. The number of non-ortho nitro benzene ring substituents is 1. The average molecular weight is 358 g/mol. The summed E-state index contributed by atoms with van der Waals surface area (Å²) in [5.74, 6) is 0.431. The first-order valence-electron chi connectivity index (χ1n) is 8.13. The number of amides is 1. The molecule has 1 aliphatic heterocycles. The Hall–Kier alpha value is -3.23. The SMILES string of the molecule is COc1cncc(OC2CCCN(C(=O)c3cccc([N+](=O)[O-])c3)C2)n1. The molecule has 3 rings (SSSR count). The first-order valence-corrected chi connectivity index (χ1v) is 8.13. The van der Waals surface area contributed by atoms with Gasteiger partial charge in [0.25, 0.3) is 11.6 Å². The molecule has 26 heavy (non-hydrogen) atoms. The molecule has 2 heterocycles. The molecule has 1 aromatic carbocycles. The third kappa shape index (κ3) is 4.05. The van der Waals surface area contributed by atoms with Crippen molar-refractivity contribution in [3.05, 3.63) is 52.3 Å². The van der Waals surface area contributed by atoms with Gasteiger partial charge < -0.3 is 14.4 Å². The second-order valence-electron chi connectivity index (χ2n) is 5.84. The summed E-state index contributed by atoms with van der Waals surface area (Å²) in [7, 11) is 1.49. The van der Waals surface area contributed by atoms with Crippen molar-refractivity contribution in [2.75, 3.05) is 20.2 Å². The standard InChI is InChI=1S/C17H18N4O5/c1-25-15-9-18-10-16(19-15)26-14-6-3-7-20(11-14)17(22)12-4-2-5-13(8-12)21(23)24/h2,4-5,8-10,14H,3,6-7,11H2,1H3. The Morgan fingerprint density at radius 2 is 2.15 bits per heavy atom. The lowest BCUT2D eigenvalue weighted by atomic mass is 10.1. The Morgan fingerprint density at radius 3 is 2.92 bits per heavy atom. The number of hydrogen-bond acceptors (Lipinski definition) is 7. The van der Waals surface area contributed by atoms with Gasteiger partial charge in [0.05, 0.1) is 31.0 Å². The summed E-state index contributed by atoms with van der Waals surface area (Å²) in [5.41, 5.74) is 0.188. The number of hydrogen-bond donors (Lipinski definition) is 0. The maximum Gasteiger partial charge on any atom is 0.270 e. The molecule has 1 saturated heterocycles. The minimum atomic E-state index is -0.514. The summed E-state index contributed by atoms with van der Waals surface area (Å²) in [6.07, 6.45) is 4.28. The van der Waals surface area contributed by atoms with Crippen molar-refractivity contribution in [2.45, 2.75) is 18.9 Å². The highest BCUT2D eigenvalue weighted by atomic mass is 16.6.